The molecule has 0 radical (unpaired) electrons. The number of benzene rings is 2. The Morgan fingerprint density at radius 3 is 2.63 bits per heavy atom. The molecule has 4 aromatic rings. The smallest absolute Gasteiger partial charge is 0.336 e. The molecule has 0 atom stereocenters. The molecule has 8 heteroatoms. The number of halogens is 1. The molecule has 0 bridgehead atoms. The highest BCUT2D eigenvalue weighted by molar-refractivity contribution is 5.89. The Labute approximate surface area is 153 Å². The minimum Gasteiger partial charge on any atom is -0.478 e. The minimum absolute atomic E-state index is 0.224. The Bertz CT molecular complexity index is 1140. The van der Waals surface area contributed by atoms with Crippen molar-refractivity contribution in [3.8, 4) is 11.4 Å². The van der Waals surface area contributed by atoms with Crippen LogP contribution in [-0.4, -0.2) is 30.9 Å². The molecule has 2 N–H and O–H groups in total. The second-order valence-corrected chi connectivity index (χ2v) is 5.81. The van der Waals surface area contributed by atoms with E-state index >= 15 is 0 Å². The molecule has 2 aromatic heterocycles. The predicted molar refractivity (Wildman–Crippen MR) is 96.9 cm³/mol. The lowest BCUT2D eigenvalue weighted by Crippen LogP contribution is -2.09. The average Bonchev–Trinajstić information content (AvgIpc) is 3.10. The first-order chi connectivity index (χ1) is 13.1. The lowest BCUT2D eigenvalue weighted by molar-refractivity contribution is 0.0696. The number of carboxylic acid groups (broad SMARTS) is 1. The van der Waals surface area contributed by atoms with Gasteiger partial charge in [0.2, 0.25) is 0 Å². The van der Waals surface area contributed by atoms with Crippen LogP contribution in [0.5, 0.6) is 0 Å². The fraction of sp³-hybridized carbons (Fsp3) is 0.0526. The van der Waals surface area contributed by atoms with Crippen LogP contribution in [0.15, 0.2) is 60.7 Å². The van der Waals surface area contributed by atoms with Crippen molar-refractivity contribution in [2.45, 2.75) is 6.54 Å². The molecule has 27 heavy (non-hydrogen) atoms. The predicted octanol–water partition coefficient (Wildman–Crippen LogP) is 3.24. The summed E-state index contributed by atoms with van der Waals surface area (Å²) in [6.07, 6.45) is 0. The van der Waals surface area contributed by atoms with Crippen molar-refractivity contribution >= 4 is 17.4 Å². The van der Waals surface area contributed by atoms with Gasteiger partial charge in [-0.25, -0.2) is 9.18 Å². The highest BCUT2D eigenvalue weighted by Crippen LogP contribution is 2.21. The van der Waals surface area contributed by atoms with Crippen LogP contribution in [0.3, 0.4) is 0 Å². The Balaban J connectivity index is 1.66. The number of nitrogens with one attached hydrogen (secondary N) is 1. The zero-order valence-electron chi connectivity index (χ0n) is 14.0. The molecule has 0 aliphatic heterocycles. The number of aromatic nitrogens is 4. The molecule has 0 amide bonds. The van der Waals surface area contributed by atoms with Crippen LogP contribution >= 0.6 is 0 Å². The number of hydrogen-bond donors (Lipinski definition) is 2. The van der Waals surface area contributed by atoms with E-state index < -0.39 is 11.8 Å². The van der Waals surface area contributed by atoms with Crippen molar-refractivity contribution in [1.29, 1.82) is 0 Å². The van der Waals surface area contributed by atoms with E-state index in [0.717, 1.165) is 0 Å². The van der Waals surface area contributed by atoms with Crippen molar-refractivity contribution in [2.75, 3.05) is 5.32 Å². The van der Waals surface area contributed by atoms with Gasteiger partial charge in [0.25, 0.3) is 0 Å². The van der Waals surface area contributed by atoms with Crippen LogP contribution in [-0.2, 0) is 6.54 Å². The first-order valence-electron chi connectivity index (χ1n) is 8.16. The maximum Gasteiger partial charge on any atom is 0.336 e. The zero-order chi connectivity index (χ0) is 18.8. The molecule has 0 saturated heterocycles. The standard InChI is InChI=1S/C19H14FN5O2/c20-15-8-4-3-7-14(15)18-23-22-17-10-9-16(24-25(17)18)21-11-12-5-1-2-6-13(12)19(26)27/h1-10H,11H2,(H,21,24)(H,26,27). The molecule has 2 aromatic carbocycles. The summed E-state index contributed by atoms with van der Waals surface area (Å²) < 4.78 is 15.5. The van der Waals surface area contributed by atoms with Gasteiger partial charge >= 0.3 is 5.97 Å². The Kier molecular flexibility index (Phi) is 4.21. The summed E-state index contributed by atoms with van der Waals surface area (Å²) in [5, 5.41) is 24.8. The Morgan fingerprint density at radius 1 is 1.04 bits per heavy atom. The first-order valence-corrected chi connectivity index (χ1v) is 8.16. The van der Waals surface area contributed by atoms with Crippen molar-refractivity contribution in [3.63, 3.8) is 0 Å². The van der Waals surface area contributed by atoms with E-state index in [1.165, 1.54) is 10.6 Å². The van der Waals surface area contributed by atoms with Crippen LogP contribution in [0.4, 0.5) is 10.2 Å². The van der Waals surface area contributed by atoms with E-state index in [1.807, 2.05) is 0 Å². The van der Waals surface area contributed by atoms with Gasteiger partial charge in [-0.3, -0.25) is 0 Å². The summed E-state index contributed by atoms with van der Waals surface area (Å²) in [5.41, 5.74) is 1.63. The molecular weight excluding hydrogens is 349 g/mol. The number of carbonyl (C=O) groups is 1. The van der Waals surface area contributed by atoms with E-state index in [4.69, 9.17) is 0 Å². The molecule has 0 unspecified atom stereocenters. The quantitative estimate of drug-likeness (QED) is 0.565. The number of hydrogen-bond acceptors (Lipinski definition) is 5. The Hall–Kier alpha value is -3.81. The number of fused-ring (bicyclic) bond motifs is 1. The third-order valence-corrected chi connectivity index (χ3v) is 4.09. The fourth-order valence-electron chi connectivity index (χ4n) is 2.76. The molecule has 0 aliphatic carbocycles. The van der Waals surface area contributed by atoms with Gasteiger partial charge < -0.3 is 10.4 Å². The number of rotatable bonds is 5. The van der Waals surface area contributed by atoms with E-state index in [9.17, 15) is 14.3 Å². The van der Waals surface area contributed by atoms with E-state index in [2.05, 4.69) is 20.6 Å². The number of aromatic carboxylic acids is 1. The maximum absolute atomic E-state index is 14.1. The average molecular weight is 363 g/mol. The van der Waals surface area contributed by atoms with Crippen molar-refractivity contribution in [1.82, 2.24) is 19.8 Å². The number of anilines is 1. The van der Waals surface area contributed by atoms with Crippen molar-refractivity contribution in [2.24, 2.45) is 0 Å². The molecular formula is C19H14FN5O2. The molecule has 0 aliphatic rings. The molecule has 0 saturated carbocycles. The molecule has 134 valence electrons. The summed E-state index contributed by atoms with van der Waals surface area (Å²) >= 11 is 0. The molecule has 0 fully saturated rings. The summed E-state index contributed by atoms with van der Waals surface area (Å²) in [4.78, 5) is 11.3. The van der Waals surface area contributed by atoms with Crippen molar-refractivity contribution < 1.29 is 14.3 Å². The Morgan fingerprint density at radius 2 is 1.81 bits per heavy atom. The van der Waals surface area contributed by atoms with Gasteiger partial charge in [0.1, 0.15) is 11.6 Å². The summed E-state index contributed by atoms with van der Waals surface area (Å²) in [6.45, 7) is 0.276. The van der Waals surface area contributed by atoms with Gasteiger partial charge in [0.05, 0.1) is 11.1 Å². The van der Waals surface area contributed by atoms with Gasteiger partial charge in [-0.2, -0.15) is 4.52 Å². The summed E-state index contributed by atoms with van der Waals surface area (Å²) in [5.74, 6) is -0.628. The topological polar surface area (TPSA) is 92.4 Å². The number of nitrogens with zero attached hydrogens (tertiary/aromatic N) is 4. The molecule has 0 spiro atoms. The van der Waals surface area contributed by atoms with Gasteiger partial charge in [0.15, 0.2) is 11.5 Å². The largest absolute Gasteiger partial charge is 0.478 e. The van der Waals surface area contributed by atoms with Gasteiger partial charge in [-0.05, 0) is 35.9 Å². The zero-order valence-corrected chi connectivity index (χ0v) is 14.0. The lowest BCUT2D eigenvalue weighted by atomic mass is 10.1. The van der Waals surface area contributed by atoms with Crippen LogP contribution < -0.4 is 5.32 Å². The van der Waals surface area contributed by atoms with Gasteiger partial charge in [0, 0.05) is 6.54 Å². The van der Waals surface area contributed by atoms with Crippen LogP contribution in [0.2, 0.25) is 0 Å². The molecule has 4 rings (SSSR count). The maximum atomic E-state index is 14.1. The minimum atomic E-state index is -0.989. The van der Waals surface area contributed by atoms with Gasteiger partial charge in [-0.1, -0.05) is 30.3 Å². The summed E-state index contributed by atoms with van der Waals surface area (Å²) in [6, 6.07) is 16.4. The summed E-state index contributed by atoms with van der Waals surface area (Å²) in [7, 11) is 0. The second-order valence-electron chi connectivity index (χ2n) is 5.81. The normalized spacial score (nSPS) is 10.9. The van der Waals surface area contributed by atoms with Gasteiger partial charge in [-0.15, -0.1) is 15.3 Å². The molecule has 2 heterocycles. The number of carboxylic acids is 1. The van der Waals surface area contributed by atoms with E-state index in [0.29, 0.717) is 22.6 Å². The lowest BCUT2D eigenvalue weighted by Gasteiger charge is -2.09. The van der Waals surface area contributed by atoms with Crippen LogP contribution in [0.25, 0.3) is 17.0 Å². The van der Waals surface area contributed by atoms with Crippen LogP contribution in [0.1, 0.15) is 15.9 Å². The second kappa shape index (κ2) is 6.83. The van der Waals surface area contributed by atoms with E-state index in [1.54, 1.807) is 54.6 Å². The molecule has 7 nitrogen and oxygen atoms in total. The third kappa shape index (κ3) is 3.20. The first kappa shape index (κ1) is 16.6. The highest BCUT2D eigenvalue weighted by Gasteiger charge is 2.14. The monoisotopic (exact) mass is 363 g/mol. The highest BCUT2D eigenvalue weighted by atomic mass is 19.1. The van der Waals surface area contributed by atoms with E-state index in [-0.39, 0.29) is 17.9 Å². The third-order valence-electron chi connectivity index (χ3n) is 4.09. The SMILES string of the molecule is O=C(O)c1ccccc1CNc1ccc2nnc(-c3ccccc3F)n2n1. The fourth-order valence-corrected chi connectivity index (χ4v) is 2.76. The van der Waals surface area contributed by atoms with Crippen LogP contribution in [0, 0.1) is 5.82 Å². The van der Waals surface area contributed by atoms with Crippen molar-refractivity contribution in [3.05, 3.63) is 77.6 Å².